The molecule has 0 amide bonds. The number of carbonyl (C=O) groups is 1. The highest BCUT2D eigenvalue weighted by Crippen LogP contribution is 2.36. The molecule has 1 aromatic heterocycles. The summed E-state index contributed by atoms with van der Waals surface area (Å²) >= 11 is 0. The molecule has 5 nitrogen and oxygen atoms in total. The fraction of sp³-hybridized carbons (Fsp3) is 0.296. The number of hydrogen-bond donors (Lipinski definition) is 1. The second kappa shape index (κ2) is 10.0. The molecular weight excluding hydrogens is 423 g/mol. The smallest absolute Gasteiger partial charge is 0.309 e. The Bertz CT molecular complexity index is 1120. The normalized spacial score (nSPS) is 18.6. The van der Waals surface area contributed by atoms with Gasteiger partial charge in [0.25, 0.3) is 0 Å². The average Bonchev–Trinajstić information content (AvgIpc) is 3.29. The number of benzene rings is 2. The third-order valence-electron chi connectivity index (χ3n) is 5.59. The number of hydrogen-bond acceptors (Lipinski definition) is 5. The first kappa shape index (κ1) is 22.8. The minimum atomic E-state index is -0.709. The third-order valence-corrected chi connectivity index (χ3v) is 5.59. The van der Waals surface area contributed by atoms with Crippen LogP contribution in [0.1, 0.15) is 49.5 Å². The van der Waals surface area contributed by atoms with Crippen LogP contribution in [-0.2, 0) is 16.1 Å². The first-order chi connectivity index (χ1) is 15.9. The molecule has 172 valence electrons. The topological polar surface area (TPSA) is 68.9 Å². The number of halogens is 1. The Morgan fingerprint density at radius 2 is 2.00 bits per heavy atom. The number of esters is 1. The third kappa shape index (κ3) is 5.71. The molecule has 0 radical (unpaired) electrons. The van der Waals surface area contributed by atoms with Gasteiger partial charge in [0.2, 0.25) is 0 Å². The van der Waals surface area contributed by atoms with Crippen molar-refractivity contribution in [2.45, 2.75) is 51.4 Å². The molecule has 0 saturated carbocycles. The Morgan fingerprint density at radius 1 is 1.21 bits per heavy atom. The quantitative estimate of drug-likeness (QED) is 0.456. The molecule has 0 spiro atoms. The van der Waals surface area contributed by atoms with Crippen LogP contribution in [-0.4, -0.2) is 23.3 Å². The SMILES string of the molecule is CC(C)c1cc(OCc2ccco2)cc(-c2ccc(F)cc2)c1/C=C/C1CC(O)CC(=O)O1. The number of aliphatic hydroxyl groups excluding tert-OH is 1. The fourth-order valence-electron chi connectivity index (χ4n) is 3.94. The highest BCUT2D eigenvalue weighted by atomic mass is 19.1. The first-order valence-electron chi connectivity index (χ1n) is 11.0. The van der Waals surface area contributed by atoms with Gasteiger partial charge in [0.15, 0.2) is 0 Å². The Balaban J connectivity index is 1.74. The van der Waals surface area contributed by atoms with Gasteiger partial charge >= 0.3 is 5.97 Å². The van der Waals surface area contributed by atoms with Gasteiger partial charge in [0, 0.05) is 6.42 Å². The summed E-state index contributed by atoms with van der Waals surface area (Å²) in [7, 11) is 0. The van der Waals surface area contributed by atoms with Gasteiger partial charge in [-0.2, -0.15) is 0 Å². The van der Waals surface area contributed by atoms with Crippen LogP contribution < -0.4 is 4.74 Å². The van der Waals surface area contributed by atoms with Crippen molar-refractivity contribution in [2.24, 2.45) is 0 Å². The van der Waals surface area contributed by atoms with E-state index in [4.69, 9.17) is 13.9 Å². The Morgan fingerprint density at radius 3 is 2.67 bits per heavy atom. The summed E-state index contributed by atoms with van der Waals surface area (Å²) in [6, 6.07) is 13.9. The minimum Gasteiger partial charge on any atom is -0.486 e. The van der Waals surface area contributed by atoms with Gasteiger partial charge < -0.3 is 19.0 Å². The molecule has 2 aromatic carbocycles. The summed E-state index contributed by atoms with van der Waals surface area (Å²) in [5, 5.41) is 9.93. The number of furan rings is 1. The highest BCUT2D eigenvalue weighted by Gasteiger charge is 2.25. The first-order valence-corrected chi connectivity index (χ1v) is 11.0. The summed E-state index contributed by atoms with van der Waals surface area (Å²) < 4.78 is 30.4. The molecule has 1 saturated heterocycles. The molecular formula is C27H27FO5. The number of ether oxygens (including phenoxy) is 2. The lowest BCUT2D eigenvalue weighted by atomic mass is 9.89. The van der Waals surface area contributed by atoms with Gasteiger partial charge in [0.1, 0.15) is 30.0 Å². The number of cyclic esters (lactones) is 1. The van der Waals surface area contributed by atoms with Crippen molar-refractivity contribution in [3.05, 3.63) is 83.6 Å². The van der Waals surface area contributed by atoms with E-state index in [1.165, 1.54) is 12.1 Å². The molecule has 3 aromatic rings. The molecule has 4 rings (SSSR count). The van der Waals surface area contributed by atoms with Crippen LogP contribution in [0.5, 0.6) is 5.75 Å². The Kier molecular flexibility index (Phi) is 6.94. The number of carbonyl (C=O) groups excluding carboxylic acids is 1. The summed E-state index contributed by atoms with van der Waals surface area (Å²) in [5.74, 6) is 0.828. The van der Waals surface area contributed by atoms with Gasteiger partial charge in [-0.1, -0.05) is 32.1 Å². The van der Waals surface area contributed by atoms with Crippen LogP contribution in [0.2, 0.25) is 0 Å². The predicted octanol–water partition coefficient (Wildman–Crippen LogP) is 5.87. The van der Waals surface area contributed by atoms with Crippen LogP contribution in [0.15, 0.2) is 65.3 Å². The molecule has 2 atom stereocenters. The summed E-state index contributed by atoms with van der Waals surface area (Å²) in [4.78, 5) is 11.7. The van der Waals surface area contributed by atoms with Crippen molar-refractivity contribution in [1.29, 1.82) is 0 Å². The predicted molar refractivity (Wildman–Crippen MR) is 123 cm³/mol. The van der Waals surface area contributed by atoms with E-state index in [-0.39, 0.29) is 18.2 Å². The number of rotatable bonds is 7. The lowest BCUT2D eigenvalue weighted by molar-refractivity contribution is -0.156. The van der Waals surface area contributed by atoms with Crippen molar-refractivity contribution >= 4 is 12.0 Å². The van der Waals surface area contributed by atoms with Crippen LogP contribution in [0.25, 0.3) is 17.2 Å². The Labute approximate surface area is 192 Å². The van der Waals surface area contributed by atoms with Gasteiger partial charge in [-0.3, -0.25) is 4.79 Å². The van der Waals surface area contributed by atoms with Gasteiger partial charge in [-0.15, -0.1) is 0 Å². The van der Waals surface area contributed by atoms with Gasteiger partial charge in [-0.25, -0.2) is 4.39 Å². The van der Waals surface area contributed by atoms with Gasteiger partial charge in [-0.05, 0) is 70.6 Å². The van der Waals surface area contributed by atoms with Crippen molar-refractivity contribution < 1.29 is 28.2 Å². The largest absolute Gasteiger partial charge is 0.486 e. The minimum absolute atomic E-state index is 0.0180. The van der Waals surface area contributed by atoms with E-state index < -0.39 is 18.2 Å². The second-order valence-corrected chi connectivity index (χ2v) is 8.48. The van der Waals surface area contributed by atoms with Crippen LogP contribution >= 0.6 is 0 Å². The lowest BCUT2D eigenvalue weighted by Crippen LogP contribution is -2.31. The molecule has 0 bridgehead atoms. The van der Waals surface area contributed by atoms with E-state index in [1.54, 1.807) is 24.5 Å². The molecule has 1 aliphatic heterocycles. The van der Waals surface area contributed by atoms with E-state index >= 15 is 0 Å². The van der Waals surface area contributed by atoms with E-state index in [2.05, 4.69) is 13.8 Å². The summed E-state index contributed by atoms with van der Waals surface area (Å²) in [6.45, 7) is 4.46. The van der Waals surface area contributed by atoms with Crippen LogP contribution in [0.3, 0.4) is 0 Å². The molecule has 2 unspecified atom stereocenters. The van der Waals surface area contributed by atoms with Crippen molar-refractivity contribution in [1.82, 2.24) is 0 Å². The maximum atomic E-state index is 13.6. The van der Waals surface area contributed by atoms with E-state index in [0.29, 0.717) is 24.5 Å². The van der Waals surface area contributed by atoms with E-state index in [0.717, 1.165) is 22.3 Å². The second-order valence-electron chi connectivity index (χ2n) is 8.48. The maximum absolute atomic E-state index is 13.6. The molecule has 6 heteroatoms. The summed E-state index contributed by atoms with van der Waals surface area (Å²) in [6.07, 6.45) is 4.49. The van der Waals surface area contributed by atoms with Gasteiger partial charge in [0.05, 0.1) is 18.8 Å². The zero-order chi connectivity index (χ0) is 23.4. The monoisotopic (exact) mass is 450 g/mol. The van der Waals surface area contributed by atoms with Crippen molar-refractivity contribution in [2.75, 3.05) is 0 Å². The molecule has 33 heavy (non-hydrogen) atoms. The molecule has 1 N–H and O–H groups in total. The van der Waals surface area contributed by atoms with Crippen molar-refractivity contribution in [3.63, 3.8) is 0 Å². The van der Waals surface area contributed by atoms with E-state index in [9.17, 15) is 14.3 Å². The molecule has 2 heterocycles. The zero-order valence-electron chi connectivity index (χ0n) is 18.7. The maximum Gasteiger partial charge on any atom is 0.309 e. The summed E-state index contributed by atoms with van der Waals surface area (Å²) in [5.41, 5.74) is 3.67. The fourth-order valence-corrected chi connectivity index (χ4v) is 3.94. The number of aliphatic hydroxyl groups is 1. The molecule has 1 fully saturated rings. The van der Waals surface area contributed by atoms with Crippen molar-refractivity contribution in [3.8, 4) is 16.9 Å². The van der Waals surface area contributed by atoms with E-state index in [1.807, 2.05) is 30.3 Å². The highest BCUT2D eigenvalue weighted by molar-refractivity contribution is 5.79. The average molecular weight is 451 g/mol. The van der Waals surface area contributed by atoms with Crippen LogP contribution in [0, 0.1) is 5.82 Å². The molecule has 1 aliphatic rings. The lowest BCUT2D eigenvalue weighted by Gasteiger charge is -2.24. The standard InChI is InChI=1S/C27H27FO5/c1-17(2)25-14-23(32-16-22-4-3-11-31-22)15-26(18-5-7-19(28)8-6-18)24(25)10-9-21-12-20(29)13-27(30)33-21/h3-11,14-15,17,20-21,29H,12-13,16H2,1-2H3/b10-9+. The Hall–Kier alpha value is -3.38. The zero-order valence-corrected chi connectivity index (χ0v) is 18.7. The van der Waals surface area contributed by atoms with Crippen LogP contribution in [0.4, 0.5) is 4.39 Å². The molecule has 0 aliphatic carbocycles.